The van der Waals surface area contributed by atoms with Gasteiger partial charge in [0.15, 0.2) is 5.78 Å². The van der Waals surface area contributed by atoms with Crippen LogP contribution in [-0.4, -0.2) is 39.7 Å². The second-order valence-corrected chi connectivity index (χ2v) is 6.37. The van der Waals surface area contributed by atoms with Gasteiger partial charge >= 0.3 is 11.9 Å². The first kappa shape index (κ1) is 22.3. The van der Waals surface area contributed by atoms with Gasteiger partial charge in [-0.2, -0.15) is 0 Å². The molecule has 0 fully saturated rings. The Bertz CT molecular complexity index is 907. The topological polar surface area (TPSA) is 150 Å². The Kier molecular flexibility index (Phi) is 7.81. The lowest BCUT2D eigenvalue weighted by molar-refractivity contribution is -0.138. The van der Waals surface area contributed by atoms with E-state index in [0.29, 0.717) is 22.5 Å². The van der Waals surface area contributed by atoms with Crippen LogP contribution in [0.25, 0.3) is 0 Å². The SMILES string of the molecule is O=C(O)CCC(=O)Nc1cccc(C(=O)c2cccc(NC(=O)CCC(=O)O)c2)c1. The van der Waals surface area contributed by atoms with Crippen molar-refractivity contribution in [3.63, 3.8) is 0 Å². The molecular formula is C21H20N2O7. The normalized spacial score (nSPS) is 10.1. The molecule has 0 aliphatic rings. The molecule has 4 N–H and O–H groups in total. The molecule has 9 nitrogen and oxygen atoms in total. The predicted octanol–water partition coefficient (Wildman–Crippen LogP) is 2.52. The maximum absolute atomic E-state index is 12.8. The van der Waals surface area contributed by atoms with Gasteiger partial charge in [-0.25, -0.2) is 0 Å². The van der Waals surface area contributed by atoms with Crippen LogP contribution in [0, 0.1) is 0 Å². The fourth-order valence-corrected chi connectivity index (χ4v) is 2.53. The third-order valence-electron chi connectivity index (χ3n) is 3.95. The van der Waals surface area contributed by atoms with E-state index in [0.717, 1.165) is 0 Å². The van der Waals surface area contributed by atoms with Crippen molar-refractivity contribution in [2.45, 2.75) is 25.7 Å². The molecule has 0 radical (unpaired) electrons. The van der Waals surface area contributed by atoms with Crippen molar-refractivity contribution in [3.8, 4) is 0 Å². The summed E-state index contributed by atoms with van der Waals surface area (Å²) >= 11 is 0. The van der Waals surface area contributed by atoms with Crippen molar-refractivity contribution in [2.24, 2.45) is 0 Å². The van der Waals surface area contributed by atoms with E-state index in [-0.39, 0.29) is 31.5 Å². The highest BCUT2D eigenvalue weighted by Crippen LogP contribution is 2.18. The lowest BCUT2D eigenvalue weighted by atomic mass is 10.0. The number of carbonyl (C=O) groups excluding carboxylic acids is 3. The van der Waals surface area contributed by atoms with Crippen LogP contribution in [-0.2, 0) is 19.2 Å². The summed E-state index contributed by atoms with van der Waals surface area (Å²) in [5.41, 5.74) is 1.30. The minimum absolute atomic E-state index is 0.183. The summed E-state index contributed by atoms with van der Waals surface area (Å²) < 4.78 is 0. The second-order valence-electron chi connectivity index (χ2n) is 6.37. The first-order chi connectivity index (χ1) is 14.2. The third kappa shape index (κ3) is 7.19. The number of hydrogen-bond acceptors (Lipinski definition) is 5. The van der Waals surface area contributed by atoms with Gasteiger partial charge < -0.3 is 20.8 Å². The molecule has 2 amide bonds. The quantitative estimate of drug-likeness (QED) is 0.438. The molecule has 0 unspecified atom stereocenters. The molecule has 0 aromatic heterocycles. The van der Waals surface area contributed by atoms with Crippen LogP contribution in [0.15, 0.2) is 48.5 Å². The minimum Gasteiger partial charge on any atom is -0.481 e. The predicted molar refractivity (Wildman–Crippen MR) is 107 cm³/mol. The standard InChI is InChI=1S/C21H20N2O7/c24-17(7-9-19(26)27)22-15-5-1-3-13(11-15)21(30)14-4-2-6-16(12-14)23-18(25)8-10-20(28)29/h1-6,11-12H,7-10H2,(H,22,24)(H,23,25)(H,26,27)(H,28,29). The average molecular weight is 412 g/mol. The molecule has 0 bridgehead atoms. The van der Waals surface area contributed by atoms with Crippen molar-refractivity contribution in [2.75, 3.05) is 10.6 Å². The van der Waals surface area contributed by atoms with E-state index < -0.39 is 23.8 Å². The monoisotopic (exact) mass is 412 g/mol. The number of rotatable bonds is 10. The zero-order valence-electron chi connectivity index (χ0n) is 15.9. The van der Waals surface area contributed by atoms with E-state index in [1.165, 1.54) is 12.1 Å². The molecule has 0 aliphatic carbocycles. The van der Waals surface area contributed by atoms with Crippen LogP contribution in [0.4, 0.5) is 11.4 Å². The molecule has 2 rings (SSSR count). The molecule has 0 heterocycles. The van der Waals surface area contributed by atoms with E-state index >= 15 is 0 Å². The number of ketones is 1. The Labute approximate surface area is 171 Å². The molecule has 0 saturated heterocycles. The average Bonchev–Trinajstić information content (AvgIpc) is 2.70. The zero-order valence-corrected chi connectivity index (χ0v) is 15.9. The Balaban J connectivity index is 2.07. The van der Waals surface area contributed by atoms with Gasteiger partial charge in [-0.05, 0) is 24.3 Å². The van der Waals surface area contributed by atoms with Gasteiger partial charge in [0.25, 0.3) is 0 Å². The largest absolute Gasteiger partial charge is 0.481 e. The number of nitrogens with one attached hydrogen (secondary N) is 2. The first-order valence-electron chi connectivity index (χ1n) is 9.02. The lowest BCUT2D eigenvalue weighted by Crippen LogP contribution is -2.14. The van der Waals surface area contributed by atoms with E-state index in [9.17, 15) is 24.0 Å². The van der Waals surface area contributed by atoms with E-state index in [1.807, 2.05) is 0 Å². The fourth-order valence-electron chi connectivity index (χ4n) is 2.53. The van der Waals surface area contributed by atoms with Crippen molar-refractivity contribution in [1.29, 1.82) is 0 Å². The molecule has 9 heteroatoms. The number of benzene rings is 2. The van der Waals surface area contributed by atoms with E-state index in [1.54, 1.807) is 36.4 Å². The van der Waals surface area contributed by atoms with Crippen molar-refractivity contribution in [1.82, 2.24) is 0 Å². The Morgan fingerprint density at radius 1 is 0.633 bits per heavy atom. The highest BCUT2D eigenvalue weighted by atomic mass is 16.4. The summed E-state index contributed by atoms with van der Waals surface area (Å²) in [7, 11) is 0. The van der Waals surface area contributed by atoms with Crippen LogP contribution in [0.2, 0.25) is 0 Å². The zero-order chi connectivity index (χ0) is 22.1. The number of amides is 2. The molecule has 2 aromatic rings. The maximum atomic E-state index is 12.8. The molecule has 156 valence electrons. The van der Waals surface area contributed by atoms with Gasteiger partial charge in [-0.15, -0.1) is 0 Å². The van der Waals surface area contributed by atoms with Crippen molar-refractivity contribution < 1.29 is 34.2 Å². The third-order valence-corrected chi connectivity index (χ3v) is 3.95. The minimum atomic E-state index is -1.08. The maximum Gasteiger partial charge on any atom is 0.303 e. The number of hydrogen-bond donors (Lipinski definition) is 4. The Morgan fingerprint density at radius 2 is 1.03 bits per heavy atom. The first-order valence-corrected chi connectivity index (χ1v) is 9.02. The smallest absolute Gasteiger partial charge is 0.303 e. The summed E-state index contributed by atoms with van der Waals surface area (Å²) in [6.45, 7) is 0. The van der Waals surface area contributed by atoms with Crippen molar-refractivity contribution >= 4 is 40.9 Å². The number of anilines is 2. The summed E-state index contributed by atoms with van der Waals surface area (Å²) in [5, 5.41) is 22.3. The lowest BCUT2D eigenvalue weighted by Gasteiger charge is -2.09. The highest BCUT2D eigenvalue weighted by Gasteiger charge is 2.13. The van der Waals surface area contributed by atoms with Crippen molar-refractivity contribution in [3.05, 3.63) is 59.7 Å². The summed E-state index contributed by atoms with van der Waals surface area (Å²) in [5.74, 6) is -3.47. The Hall–Kier alpha value is -4.01. The van der Waals surface area contributed by atoms with Crippen LogP contribution in [0.5, 0.6) is 0 Å². The summed E-state index contributed by atoms with van der Waals surface area (Å²) in [4.78, 5) is 57.4. The fraction of sp³-hybridized carbons (Fsp3) is 0.190. The van der Waals surface area contributed by atoms with Crippen LogP contribution < -0.4 is 10.6 Å². The highest BCUT2D eigenvalue weighted by molar-refractivity contribution is 6.10. The summed E-state index contributed by atoms with van der Waals surface area (Å²) in [6, 6.07) is 12.4. The van der Waals surface area contributed by atoms with Crippen LogP contribution in [0.3, 0.4) is 0 Å². The second kappa shape index (κ2) is 10.5. The molecule has 0 saturated carbocycles. The van der Waals surface area contributed by atoms with Gasteiger partial charge in [0.2, 0.25) is 11.8 Å². The number of aliphatic carboxylic acids is 2. The number of carboxylic acids is 2. The molecule has 0 atom stereocenters. The summed E-state index contributed by atoms with van der Waals surface area (Å²) in [6.07, 6.45) is -0.959. The van der Waals surface area contributed by atoms with Gasteiger partial charge in [0, 0.05) is 35.3 Å². The molecule has 0 spiro atoms. The van der Waals surface area contributed by atoms with Crippen LogP contribution in [0.1, 0.15) is 41.6 Å². The number of carboxylic acid groups (broad SMARTS) is 2. The molecule has 2 aromatic carbocycles. The van der Waals surface area contributed by atoms with Gasteiger partial charge in [-0.3, -0.25) is 24.0 Å². The van der Waals surface area contributed by atoms with E-state index in [4.69, 9.17) is 10.2 Å². The molecule has 0 aliphatic heterocycles. The van der Waals surface area contributed by atoms with E-state index in [2.05, 4.69) is 10.6 Å². The van der Waals surface area contributed by atoms with Crippen LogP contribution >= 0.6 is 0 Å². The van der Waals surface area contributed by atoms with Gasteiger partial charge in [-0.1, -0.05) is 24.3 Å². The van der Waals surface area contributed by atoms with Gasteiger partial charge in [0.1, 0.15) is 0 Å². The number of carbonyl (C=O) groups is 5. The molecule has 30 heavy (non-hydrogen) atoms. The van der Waals surface area contributed by atoms with Gasteiger partial charge in [0.05, 0.1) is 12.8 Å². The molecular weight excluding hydrogens is 392 g/mol. The Morgan fingerprint density at radius 3 is 1.40 bits per heavy atom.